The maximum absolute atomic E-state index is 11.5. The average molecular weight is 299 g/mol. The van der Waals surface area contributed by atoms with Crippen LogP contribution in [0.1, 0.15) is 11.3 Å². The van der Waals surface area contributed by atoms with Gasteiger partial charge in [-0.3, -0.25) is 14.4 Å². The molecule has 0 amide bonds. The first-order valence-corrected chi connectivity index (χ1v) is 7.58. The minimum Gasteiger partial charge on any atom is -0.468 e. The van der Waals surface area contributed by atoms with Gasteiger partial charge in [0.15, 0.2) is 0 Å². The van der Waals surface area contributed by atoms with Crippen molar-refractivity contribution < 1.29 is 9.53 Å². The number of benzene rings is 1. The highest BCUT2D eigenvalue weighted by Crippen LogP contribution is 2.27. The maximum Gasteiger partial charge on any atom is 0.319 e. The van der Waals surface area contributed by atoms with Crippen molar-refractivity contribution in [3.05, 3.63) is 41.6 Å². The number of rotatable bonds is 3. The number of nitrogens with zero attached hydrogens (tertiary/aromatic N) is 3. The minimum atomic E-state index is -0.174. The lowest BCUT2D eigenvalue weighted by molar-refractivity contribution is -0.141. The fourth-order valence-corrected chi connectivity index (χ4v) is 3.06. The van der Waals surface area contributed by atoms with Gasteiger partial charge < -0.3 is 4.74 Å². The summed E-state index contributed by atoms with van der Waals surface area (Å²) in [4.78, 5) is 13.6. The summed E-state index contributed by atoms with van der Waals surface area (Å²) in [6.45, 7) is 2.07. The Balaban J connectivity index is 1.85. The van der Waals surface area contributed by atoms with E-state index in [1.54, 1.807) is 0 Å². The van der Waals surface area contributed by atoms with Crippen LogP contribution in [0.3, 0.4) is 0 Å². The molecule has 3 rings (SSSR count). The summed E-state index contributed by atoms with van der Waals surface area (Å²) in [5.74, 6) is -0.174. The van der Waals surface area contributed by atoms with Gasteiger partial charge in [-0.2, -0.15) is 5.10 Å². The molecule has 0 atom stereocenters. The number of fused-ring (bicyclic) bond motifs is 1. The highest BCUT2D eigenvalue weighted by molar-refractivity contribution is 5.71. The van der Waals surface area contributed by atoms with Crippen LogP contribution < -0.4 is 0 Å². The Bertz CT molecular complexity index is 664. The van der Waals surface area contributed by atoms with Crippen molar-refractivity contribution in [2.75, 3.05) is 26.7 Å². The molecule has 0 radical (unpaired) electrons. The highest BCUT2D eigenvalue weighted by Gasteiger charge is 2.23. The molecule has 0 spiro atoms. The monoisotopic (exact) mass is 299 g/mol. The third-order valence-corrected chi connectivity index (χ3v) is 4.25. The van der Waals surface area contributed by atoms with Crippen molar-refractivity contribution in [2.24, 2.45) is 7.05 Å². The average Bonchev–Trinajstić information content (AvgIpc) is 2.72. The molecule has 1 aromatic heterocycles. The van der Waals surface area contributed by atoms with Gasteiger partial charge in [0.25, 0.3) is 0 Å². The van der Waals surface area contributed by atoms with Crippen LogP contribution in [-0.4, -0.2) is 47.4 Å². The smallest absolute Gasteiger partial charge is 0.319 e. The Morgan fingerprint density at radius 1 is 1.23 bits per heavy atom. The van der Waals surface area contributed by atoms with Gasteiger partial charge in [-0.1, -0.05) is 30.3 Å². The van der Waals surface area contributed by atoms with E-state index >= 15 is 0 Å². The third kappa shape index (κ3) is 2.90. The first-order chi connectivity index (χ1) is 10.7. The molecule has 1 aliphatic rings. The predicted molar refractivity (Wildman–Crippen MR) is 84.5 cm³/mol. The number of carbonyl (C=O) groups excluding carboxylic acids is 1. The summed E-state index contributed by atoms with van der Waals surface area (Å²) in [7, 11) is 3.44. The lowest BCUT2D eigenvalue weighted by Gasteiger charge is -2.17. The second kappa shape index (κ2) is 6.32. The van der Waals surface area contributed by atoms with Crippen molar-refractivity contribution in [3.8, 4) is 11.3 Å². The molecule has 0 saturated carbocycles. The Morgan fingerprint density at radius 3 is 2.68 bits per heavy atom. The summed E-state index contributed by atoms with van der Waals surface area (Å²) < 4.78 is 6.76. The molecule has 1 aliphatic heterocycles. The molecule has 0 saturated heterocycles. The quantitative estimate of drug-likeness (QED) is 0.809. The molecule has 2 aromatic rings. The molecule has 0 N–H and O–H groups in total. The van der Waals surface area contributed by atoms with E-state index in [1.165, 1.54) is 18.4 Å². The second-order valence-corrected chi connectivity index (χ2v) is 5.62. The number of hydrogen-bond acceptors (Lipinski definition) is 4. The van der Waals surface area contributed by atoms with E-state index < -0.39 is 0 Å². The van der Waals surface area contributed by atoms with E-state index in [2.05, 4.69) is 17.0 Å². The molecule has 22 heavy (non-hydrogen) atoms. The van der Waals surface area contributed by atoms with E-state index in [0.29, 0.717) is 6.54 Å². The lowest BCUT2D eigenvalue weighted by Crippen LogP contribution is -2.32. The van der Waals surface area contributed by atoms with Crippen molar-refractivity contribution in [3.63, 3.8) is 0 Å². The van der Waals surface area contributed by atoms with Crippen molar-refractivity contribution in [2.45, 2.75) is 12.8 Å². The van der Waals surface area contributed by atoms with E-state index in [-0.39, 0.29) is 5.97 Å². The Hall–Kier alpha value is -2.14. The minimum absolute atomic E-state index is 0.174. The number of aryl methyl sites for hydroxylation is 1. The van der Waals surface area contributed by atoms with Gasteiger partial charge in [-0.05, 0) is 6.42 Å². The second-order valence-electron chi connectivity index (χ2n) is 5.62. The standard InChI is InChI=1S/C17H21N3O2/c1-19-15-9-11-20(12-16(21)22-2)10-8-14(15)17(18-19)13-6-4-3-5-7-13/h3-7H,8-12H2,1-2H3. The molecule has 116 valence electrons. The number of carbonyl (C=O) groups is 1. The van der Waals surface area contributed by atoms with E-state index in [0.717, 1.165) is 37.2 Å². The largest absolute Gasteiger partial charge is 0.468 e. The fourth-order valence-electron chi connectivity index (χ4n) is 3.06. The van der Waals surface area contributed by atoms with Crippen LogP contribution in [-0.2, 0) is 29.4 Å². The van der Waals surface area contributed by atoms with Gasteiger partial charge in [0.05, 0.1) is 19.3 Å². The van der Waals surface area contributed by atoms with Crippen molar-refractivity contribution in [1.82, 2.24) is 14.7 Å². The summed E-state index contributed by atoms with van der Waals surface area (Å²) >= 11 is 0. The molecular weight excluding hydrogens is 278 g/mol. The van der Waals surface area contributed by atoms with Gasteiger partial charge in [0.2, 0.25) is 0 Å². The summed E-state index contributed by atoms with van der Waals surface area (Å²) in [6.07, 6.45) is 1.81. The van der Waals surface area contributed by atoms with Gasteiger partial charge >= 0.3 is 5.97 Å². The van der Waals surface area contributed by atoms with Crippen LogP contribution in [0, 0.1) is 0 Å². The Labute approximate surface area is 130 Å². The summed E-state index contributed by atoms with van der Waals surface area (Å²) in [5.41, 5.74) is 4.80. The number of aromatic nitrogens is 2. The fraction of sp³-hybridized carbons (Fsp3) is 0.412. The molecule has 0 fully saturated rings. The zero-order valence-corrected chi connectivity index (χ0v) is 13.1. The normalized spacial score (nSPS) is 15.2. The highest BCUT2D eigenvalue weighted by atomic mass is 16.5. The molecule has 0 unspecified atom stereocenters. The SMILES string of the molecule is COC(=O)CN1CCc2c(-c3ccccc3)nn(C)c2CC1. The van der Waals surface area contributed by atoms with Gasteiger partial charge in [0.1, 0.15) is 0 Å². The Morgan fingerprint density at radius 2 is 1.95 bits per heavy atom. The molecule has 0 aliphatic carbocycles. The maximum atomic E-state index is 11.5. The zero-order chi connectivity index (χ0) is 15.5. The summed E-state index contributed by atoms with van der Waals surface area (Å²) in [5, 5.41) is 4.71. The van der Waals surface area contributed by atoms with E-state index in [1.807, 2.05) is 29.9 Å². The van der Waals surface area contributed by atoms with Crippen molar-refractivity contribution >= 4 is 5.97 Å². The topological polar surface area (TPSA) is 47.4 Å². The van der Waals surface area contributed by atoms with E-state index in [4.69, 9.17) is 9.84 Å². The van der Waals surface area contributed by atoms with Gasteiger partial charge in [0, 0.05) is 43.4 Å². The van der Waals surface area contributed by atoms with Gasteiger partial charge in [-0.15, -0.1) is 0 Å². The first kappa shape index (κ1) is 14.8. The number of hydrogen-bond donors (Lipinski definition) is 0. The number of ether oxygens (including phenoxy) is 1. The molecular formula is C17H21N3O2. The van der Waals surface area contributed by atoms with Crippen LogP contribution in [0.2, 0.25) is 0 Å². The van der Waals surface area contributed by atoms with Crippen LogP contribution in [0.15, 0.2) is 30.3 Å². The number of esters is 1. The van der Waals surface area contributed by atoms with E-state index in [9.17, 15) is 4.79 Å². The molecule has 5 nitrogen and oxygen atoms in total. The van der Waals surface area contributed by atoms with Crippen LogP contribution in [0.4, 0.5) is 0 Å². The van der Waals surface area contributed by atoms with Crippen LogP contribution in [0.5, 0.6) is 0 Å². The third-order valence-electron chi connectivity index (χ3n) is 4.25. The molecule has 0 bridgehead atoms. The summed E-state index contributed by atoms with van der Waals surface area (Å²) in [6, 6.07) is 10.3. The Kier molecular flexibility index (Phi) is 4.24. The predicted octanol–water partition coefficient (Wildman–Crippen LogP) is 1.66. The molecule has 5 heteroatoms. The number of methoxy groups -OCH3 is 1. The van der Waals surface area contributed by atoms with Crippen LogP contribution in [0.25, 0.3) is 11.3 Å². The van der Waals surface area contributed by atoms with Gasteiger partial charge in [-0.25, -0.2) is 0 Å². The lowest BCUT2D eigenvalue weighted by atomic mass is 10.0. The molecule has 2 heterocycles. The van der Waals surface area contributed by atoms with Crippen LogP contribution >= 0.6 is 0 Å². The zero-order valence-electron chi connectivity index (χ0n) is 13.1. The van der Waals surface area contributed by atoms with Crippen molar-refractivity contribution in [1.29, 1.82) is 0 Å². The molecule has 1 aromatic carbocycles. The first-order valence-electron chi connectivity index (χ1n) is 7.58.